The number of halogens is 1. The van der Waals surface area contributed by atoms with Gasteiger partial charge in [-0.2, -0.15) is 10.2 Å². The number of aromatic amines is 1. The Hall–Kier alpha value is -4.19. The maximum absolute atomic E-state index is 11.9. The van der Waals surface area contributed by atoms with Crippen LogP contribution in [0.25, 0.3) is 16.8 Å². The number of hydrogen-bond donors (Lipinski definition) is 5. The molecule has 12 heteroatoms. The number of methoxy groups -OCH3 is 1. The van der Waals surface area contributed by atoms with E-state index >= 15 is 0 Å². The minimum Gasteiger partial charge on any atom is -0.497 e. The molecule has 0 spiro atoms. The Morgan fingerprint density at radius 3 is 2.52 bits per heavy atom. The average molecular weight is 552 g/mol. The van der Waals surface area contributed by atoms with Gasteiger partial charge in [0.1, 0.15) is 23.3 Å². The molecule has 5 N–H and O–H groups in total. The fraction of sp³-hybridized carbons (Fsp3) is 0.429. The lowest BCUT2D eigenvalue weighted by Crippen LogP contribution is -2.67. The predicted molar refractivity (Wildman–Crippen MR) is 147 cm³/mol. The van der Waals surface area contributed by atoms with E-state index in [-0.39, 0.29) is 12.1 Å². The van der Waals surface area contributed by atoms with Crippen LogP contribution in [0, 0.1) is 5.92 Å². The second-order valence-electron chi connectivity index (χ2n) is 10.5. The van der Waals surface area contributed by atoms with Crippen molar-refractivity contribution in [2.45, 2.75) is 63.3 Å². The SMILES string of the molecule is COc1cccc(-c2cn3nc(CO)cc3c(Nc3ccn[nH]3)n2)c1.FC1CCCC1.O=C(O)NC12CC(C1)C2. The van der Waals surface area contributed by atoms with E-state index in [9.17, 15) is 14.3 Å². The van der Waals surface area contributed by atoms with E-state index in [2.05, 4.69) is 25.9 Å². The van der Waals surface area contributed by atoms with Gasteiger partial charge in [0.25, 0.3) is 0 Å². The summed E-state index contributed by atoms with van der Waals surface area (Å²) in [5.41, 5.74) is 2.98. The minimum atomic E-state index is -0.867. The molecular formula is C28H34FN7O4. The number of carboxylic acid groups (broad SMARTS) is 1. The summed E-state index contributed by atoms with van der Waals surface area (Å²) in [6.45, 7) is -0.139. The third-order valence-electron chi connectivity index (χ3n) is 7.48. The molecule has 40 heavy (non-hydrogen) atoms. The van der Waals surface area contributed by atoms with Crippen molar-refractivity contribution in [3.63, 3.8) is 0 Å². The van der Waals surface area contributed by atoms with Gasteiger partial charge in [0.05, 0.1) is 37.5 Å². The van der Waals surface area contributed by atoms with Gasteiger partial charge >= 0.3 is 6.09 Å². The monoisotopic (exact) mass is 551 g/mol. The highest BCUT2D eigenvalue weighted by atomic mass is 19.1. The van der Waals surface area contributed by atoms with Crippen molar-refractivity contribution in [1.29, 1.82) is 0 Å². The molecule has 4 saturated carbocycles. The third kappa shape index (κ3) is 6.33. The number of anilines is 2. The minimum absolute atomic E-state index is 0.0382. The lowest BCUT2D eigenvalue weighted by Gasteiger charge is -2.61. The van der Waals surface area contributed by atoms with Crippen LogP contribution >= 0.6 is 0 Å². The molecule has 1 amide bonds. The Morgan fingerprint density at radius 2 is 2.00 bits per heavy atom. The van der Waals surface area contributed by atoms with Gasteiger partial charge in [-0.15, -0.1) is 0 Å². The first kappa shape index (κ1) is 27.4. The Morgan fingerprint density at radius 1 is 1.23 bits per heavy atom. The van der Waals surface area contributed by atoms with Crippen LogP contribution in [0.2, 0.25) is 0 Å². The summed E-state index contributed by atoms with van der Waals surface area (Å²) in [6, 6.07) is 11.2. The summed E-state index contributed by atoms with van der Waals surface area (Å²) in [7, 11) is 1.63. The van der Waals surface area contributed by atoms with Crippen LogP contribution in [0.1, 0.15) is 50.6 Å². The first-order valence-corrected chi connectivity index (χ1v) is 13.4. The molecular weight excluding hydrogens is 517 g/mol. The molecule has 4 fully saturated rings. The second-order valence-corrected chi connectivity index (χ2v) is 10.5. The maximum atomic E-state index is 11.9. The molecule has 212 valence electrons. The van der Waals surface area contributed by atoms with Gasteiger partial charge in [0, 0.05) is 17.2 Å². The molecule has 11 nitrogen and oxygen atoms in total. The first-order valence-electron chi connectivity index (χ1n) is 13.4. The molecule has 0 aliphatic heterocycles. The quantitative estimate of drug-likeness (QED) is 0.223. The van der Waals surface area contributed by atoms with Gasteiger partial charge < -0.3 is 25.6 Å². The number of H-pyrrole nitrogens is 1. The van der Waals surface area contributed by atoms with Crippen LogP contribution < -0.4 is 15.4 Å². The van der Waals surface area contributed by atoms with Gasteiger partial charge in [0.2, 0.25) is 0 Å². The smallest absolute Gasteiger partial charge is 0.405 e. The summed E-state index contributed by atoms with van der Waals surface area (Å²) in [5.74, 6) is 2.91. The molecule has 1 aromatic carbocycles. The fourth-order valence-electron chi connectivity index (χ4n) is 5.32. The highest BCUT2D eigenvalue weighted by Crippen LogP contribution is 2.56. The van der Waals surface area contributed by atoms with Gasteiger partial charge in [0.15, 0.2) is 5.82 Å². The topological polar surface area (TPSA) is 150 Å². The summed E-state index contributed by atoms with van der Waals surface area (Å²) in [4.78, 5) is 14.8. The third-order valence-corrected chi connectivity index (χ3v) is 7.48. The normalized spacial score (nSPS) is 20.7. The summed E-state index contributed by atoms with van der Waals surface area (Å²) < 4.78 is 18.9. The zero-order valence-corrected chi connectivity index (χ0v) is 22.3. The number of hydrogen-bond acceptors (Lipinski definition) is 7. The summed E-state index contributed by atoms with van der Waals surface area (Å²) >= 11 is 0. The molecule has 4 aliphatic carbocycles. The Labute approximate surface area is 230 Å². The molecule has 0 radical (unpaired) electrons. The number of aromatic nitrogens is 5. The molecule has 0 atom stereocenters. The number of carbonyl (C=O) groups is 1. The van der Waals surface area contributed by atoms with Crippen molar-refractivity contribution < 1.29 is 24.1 Å². The van der Waals surface area contributed by atoms with Crippen molar-refractivity contribution in [3.05, 3.63) is 54.5 Å². The van der Waals surface area contributed by atoms with E-state index in [1.165, 1.54) is 0 Å². The average Bonchev–Trinajstić information content (AvgIpc) is 3.69. The number of nitrogens with zero attached hydrogens (tertiary/aromatic N) is 4. The number of aliphatic hydroxyl groups is 1. The fourth-order valence-corrected chi connectivity index (χ4v) is 5.32. The molecule has 0 saturated heterocycles. The van der Waals surface area contributed by atoms with Crippen molar-refractivity contribution in [1.82, 2.24) is 30.1 Å². The summed E-state index contributed by atoms with van der Waals surface area (Å²) in [6.07, 6.45) is 9.26. The zero-order valence-electron chi connectivity index (χ0n) is 22.3. The van der Waals surface area contributed by atoms with Gasteiger partial charge in [-0.3, -0.25) is 5.10 Å². The number of nitrogens with one attached hydrogen (secondary N) is 3. The van der Waals surface area contributed by atoms with E-state index < -0.39 is 12.3 Å². The molecule has 3 aromatic heterocycles. The molecule has 4 aliphatic rings. The van der Waals surface area contributed by atoms with Crippen molar-refractivity contribution >= 4 is 23.2 Å². The van der Waals surface area contributed by atoms with Crippen LogP contribution in [0.5, 0.6) is 5.75 Å². The van der Waals surface area contributed by atoms with E-state index in [0.29, 0.717) is 17.3 Å². The summed E-state index contributed by atoms with van der Waals surface area (Å²) in [5, 5.41) is 34.6. The highest BCUT2D eigenvalue weighted by Gasteiger charge is 2.57. The predicted octanol–water partition coefficient (Wildman–Crippen LogP) is 5.07. The number of fused-ring (bicyclic) bond motifs is 1. The second kappa shape index (κ2) is 11.9. The molecule has 0 unspecified atom stereocenters. The maximum Gasteiger partial charge on any atom is 0.405 e. The van der Waals surface area contributed by atoms with Crippen LogP contribution in [0.4, 0.5) is 20.8 Å². The molecule has 8 rings (SSSR count). The van der Waals surface area contributed by atoms with Gasteiger partial charge in [-0.05, 0) is 56.2 Å². The van der Waals surface area contributed by atoms with E-state index in [1.807, 2.05) is 30.5 Å². The Kier molecular flexibility index (Phi) is 8.15. The van der Waals surface area contributed by atoms with E-state index in [0.717, 1.165) is 73.4 Å². The lowest BCUT2D eigenvalue weighted by atomic mass is 9.50. The zero-order chi connectivity index (χ0) is 28.1. The lowest BCUT2D eigenvalue weighted by molar-refractivity contribution is -0.0448. The van der Waals surface area contributed by atoms with E-state index in [1.54, 1.807) is 30.0 Å². The van der Waals surface area contributed by atoms with Crippen LogP contribution in [-0.4, -0.2) is 59.9 Å². The number of benzene rings is 1. The Bertz CT molecular complexity index is 1420. The standard InChI is InChI=1S/C17H16N6O2.C6H9NO2.C5H9F/c1-25-13-4-2-3-11(7-13)14-9-23-15(8-12(10-24)22-23)17(19-14)20-16-5-6-18-21-16;8-5(9)7-6-1-4(2-6)3-6;6-5-3-1-2-4-5/h2-9,24H,10H2,1H3,(H2,18,19,20,21);4,7H,1-3H2,(H,8,9);5H,1-4H2. The first-order chi connectivity index (χ1) is 19.4. The Balaban J connectivity index is 0.000000173. The number of alkyl halides is 1. The number of aliphatic hydroxyl groups excluding tert-OH is 1. The molecule has 4 aromatic rings. The van der Waals surface area contributed by atoms with Gasteiger partial charge in [-0.1, -0.05) is 25.0 Å². The van der Waals surface area contributed by atoms with Crippen molar-refractivity contribution in [2.24, 2.45) is 5.92 Å². The van der Waals surface area contributed by atoms with Crippen molar-refractivity contribution in [3.8, 4) is 17.0 Å². The van der Waals surface area contributed by atoms with E-state index in [4.69, 9.17) is 14.8 Å². The van der Waals surface area contributed by atoms with Crippen LogP contribution in [0.3, 0.4) is 0 Å². The van der Waals surface area contributed by atoms with Gasteiger partial charge in [-0.25, -0.2) is 18.7 Å². The largest absolute Gasteiger partial charge is 0.497 e. The molecule has 2 bridgehead atoms. The number of ether oxygens (including phenoxy) is 1. The van der Waals surface area contributed by atoms with Crippen molar-refractivity contribution in [2.75, 3.05) is 12.4 Å². The highest BCUT2D eigenvalue weighted by molar-refractivity contribution is 5.76. The van der Waals surface area contributed by atoms with Crippen LogP contribution in [-0.2, 0) is 6.61 Å². The molecule has 3 heterocycles. The number of amides is 1. The number of rotatable bonds is 6. The van der Waals surface area contributed by atoms with Crippen LogP contribution in [0.15, 0.2) is 48.8 Å².